The van der Waals surface area contributed by atoms with Gasteiger partial charge in [0.05, 0.1) is 12.7 Å². The fraction of sp³-hybridized carbons (Fsp3) is 0.583. The molecule has 10 heteroatoms. The minimum absolute atomic E-state index is 0.0211. The first-order chi connectivity index (χ1) is 16.1. The van der Waals surface area contributed by atoms with E-state index in [1.54, 1.807) is 0 Å². The molecule has 0 saturated heterocycles. The molecule has 0 bridgehead atoms. The van der Waals surface area contributed by atoms with Crippen LogP contribution in [0.15, 0.2) is 23.1 Å². The predicted octanol–water partition coefficient (Wildman–Crippen LogP) is 3.35. The summed E-state index contributed by atoms with van der Waals surface area (Å²) in [5, 5.41) is 8.59. The van der Waals surface area contributed by atoms with Crippen LogP contribution >= 0.6 is 11.8 Å². The number of Topliss-reactive ketones (excluding diaryl/α,β-unsaturated/α-hetero) is 1. The Balaban J connectivity index is 2.07. The molecule has 1 aromatic carbocycles. The molecule has 6 nitrogen and oxygen atoms in total. The number of halogens is 3. The Kier molecular flexibility index (Phi) is 10.9. The van der Waals surface area contributed by atoms with E-state index in [9.17, 15) is 22.8 Å². The molecule has 1 N–H and O–H groups in total. The van der Waals surface area contributed by atoms with Crippen LogP contribution in [0.1, 0.15) is 17.5 Å². The number of aliphatic hydroxyl groups excluding tert-OH is 1. The second-order valence-electron chi connectivity index (χ2n) is 7.94. The Morgan fingerprint density at radius 3 is 2.56 bits per heavy atom. The lowest BCUT2D eigenvalue weighted by molar-refractivity contribution is -0.199. The van der Waals surface area contributed by atoms with E-state index in [4.69, 9.17) is 14.6 Å². The molecule has 1 aliphatic carbocycles. The molecule has 4 atom stereocenters. The molecule has 0 heterocycles. The Bertz CT molecular complexity index is 908. The second kappa shape index (κ2) is 13.1. The van der Waals surface area contributed by atoms with Crippen LogP contribution in [0.5, 0.6) is 0 Å². The van der Waals surface area contributed by atoms with Crippen molar-refractivity contribution in [2.45, 2.75) is 37.4 Å². The molecule has 0 radical (unpaired) electrons. The van der Waals surface area contributed by atoms with Crippen LogP contribution in [0, 0.1) is 43.4 Å². The van der Waals surface area contributed by atoms with Gasteiger partial charge in [0.15, 0.2) is 5.78 Å². The maximum atomic E-state index is 13.7. The van der Waals surface area contributed by atoms with Gasteiger partial charge >= 0.3 is 12.1 Å². The van der Waals surface area contributed by atoms with Gasteiger partial charge < -0.3 is 19.3 Å². The van der Waals surface area contributed by atoms with Crippen LogP contribution in [0.2, 0.25) is 0 Å². The van der Waals surface area contributed by atoms with Crippen molar-refractivity contribution >= 4 is 23.5 Å². The fourth-order valence-corrected chi connectivity index (χ4v) is 5.03. The van der Waals surface area contributed by atoms with Gasteiger partial charge in [-0.05, 0) is 37.1 Å². The minimum Gasteiger partial charge on any atom is -0.462 e. The number of hydrogen-bond acceptors (Lipinski definition) is 7. The number of benzene rings is 1. The normalized spacial score (nSPS) is 22.4. The predicted molar refractivity (Wildman–Crippen MR) is 120 cm³/mol. The van der Waals surface area contributed by atoms with Crippen molar-refractivity contribution in [2.24, 2.45) is 17.8 Å². The zero-order chi connectivity index (χ0) is 25.3. The largest absolute Gasteiger partial charge is 0.462 e. The van der Waals surface area contributed by atoms with Gasteiger partial charge in [-0.3, -0.25) is 4.79 Å². The van der Waals surface area contributed by atoms with Crippen LogP contribution < -0.4 is 0 Å². The molecule has 2 rings (SSSR count). The summed E-state index contributed by atoms with van der Waals surface area (Å²) in [5.74, 6) is 0.301. The summed E-state index contributed by atoms with van der Waals surface area (Å²) in [6.07, 6.45) is -6.00. The average Bonchev–Trinajstić information content (AvgIpc) is 3.06. The zero-order valence-corrected chi connectivity index (χ0v) is 20.1. The average molecular weight is 503 g/mol. The van der Waals surface area contributed by atoms with Gasteiger partial charge in [-0.1, -0.05) is 12.0 Å². The summed E-state index contributed by atoms with van der Waals surface area (Å²) in [7, 11) is 1.18. The van der Waals surface area contributed by atoms with Crippen molar-refractivity contribution in [1.82, 2.24) is 0 Å². The summed E-state index contributed by atoms with van der Waals surface area (Å²) >= 11 is 1.34. The number of ether oxygens (including phenoxy) is 3. The highest BCUT2D eigenvalue weighted by atomic mass is 32.2. The number of methoxy groups -OCH3 is 1. The number of ketones is 1. The Morgan fingerprint density at radius 2 is 1.94 bits per heavy atom. The van der Waals surface area contributed by atoms with E-state index >= 15 is 0 Å². The number of aryl methyl sites for hydroxylation is 2. The summed E-state index contributed by atoms with van der Waals surface area (Å²) in [4.78, 5) is 25.0. The molecule has 1 aromatic rings. The van der Waals surface area contributed by atoms with Crippen LogP contribution in [0.25, 0.3) is 0 Å². The number of carbonyl (C=O) groups is 2. The molecule has 188 valence electrons. The maximum absolute atomic E-state index is 13.7. The third kappa shape index (κ3) is 7.73. The first-order valence-electron chi connectivity index (χ1n) is 10.7. The highest BCUT2D eigenvalue weighted by molar-refractivity contribution is 7.99. The van der Waals surface area contributed by atoms with E-state index in [1.165, 1.54) is 18.9 Å². The van der Waals surface area contributed by atoms with E-state index in [2.05, 4.69) is 16.6 Å². The highest BCUT2D eigenvalue weighted by Crippen LogP contribution is 2.46. The number of thioether (sulfide) groups is 1. The first-order valence-corrected chi connectivity index (χ1v) is 11.7. The van der Waals surface area contributed by atoms with E-state index in [0.29, 0.717) is 0 Å². The van der Waals surface area contributed by atoms with Crippen LogP contribution in [0.4, 0.5) is 13.2 Å². The summed E-state index contributed by atoms with van der Waals surface area (Å²) in [6.45, 7) is 3.00. The highest BCUT2D eigenvalue weighted by Gasteiger charge is 2.60. The number of alkyl halides is 3. The second-order valence-corrected chi connectivity index (χ2v) is 9.04. The van der Waals surface area contributed by atoms with Gasteiger partial charge in [0.2, 0.25) is 0 Å². The van der Waals surface area contributed by atoms with Crippen molar-refractivity contribution in [3.63, 3.8) is 0 Å². The molecule has 0 spiro atoms. The third-order valence-corrected chi connectivity index (χ3v) is 6.80. The van der Waals surface area contributed by atoms with Crippen LogP contribution in [0.3, 0.4) is 0 Å². The Labute approximate surface area is 201 Å². The van der Waals surface area contributed by atoms with E-state index in [0.717, 1.165) is 16.0 Å². The molecule has 0 aromatic heterocycles. The standard InChI is InChI=1S/C24H29F3O6S/c1-15-7-8-17(12-16(15)2)34-14-19-18(23(31-3)21(22(19)30)24(25,26)27)6-4-5-10-32-13-20(29)33-11-9-28/h7-8,12,18-19,21,23,28H,6,9-11,13-14H2,1-3H3/t18-,19-,21?,23?/m1/s1. The number of carbonyl (C=O) groups excluding carboxylic acids is 2. The quantitative estimate of drug-likeness (QED) is 0.227. The summed E-state index contributed by atoms with van der Waals surface area (Å²) in [6, 6.07) is 5.78. The van der Waals surface area contributed by atoms with Crippen molar-refractivity contribution in [2.75, 3.05) is 39.3 Å². The fourth-order valence-electron chi connectivity index (χ4n) is 3.82. The number of rotatable bonds is 10. The van der Waals surface area contributed by atoms with Crippen molar-refractivity contribution in [3.8, 4) is 11.8 Å². The number of esters is 1. The van der Waals surface area contributed by atoms with Crippen molar-refractivity contribution < 1.29 is 42.1 Å². The Hall–Kier alpha value is -2.06. The monoisotopic (exact) mass is 502 g/mol. The number of hydrogen-bond donors (Lipinski definition) is 1. The number of aliphatic hydroxyl groups is 1. The van der Waals surface area contributed by atoms with Gasteiger partial charge in [0.25, 0.3) is 0 Å². The van der Waals surface area contributed by atoms with Gasteiger partial charge in [0.1, 0.15) is 25.7 Å². The molecule has 34 heavy (non-hydrogen) atoms. The molecule has 0 aliphatic heterocycles. The van der Waals surface area contributed by atoms with E-state index < -0.39 is 41.8 Å². The summed E-state index contributed by atoms with van der Waals surface area (Å²) < 4.78 is 55.9. The molecule has 0 amide bonds. The van der Waals surface area contributed by atoms with Crippen LogP contribution in [-0.2, 0) is 23.8 Å². The smallest absolute Gasteiger partial charge is 0.401 e. The SMILES string of the molecule is COC1C(C(F)(F)F)C(=O)[C@H](CSc2ccc(C)c(C)c2)[C@H]1CC#CCOCC(=O)OCCO. The molecule has 2 unspecified atom stereocenters. The molecule has 1 aliphatic rings. The lowest BCUT2D eigenvalue weighted by Gasteiger charge is -2.24. The Morgan fingerprint density at radius 1 is 1.21 bits per heavy atom. The summed E-state index contributed by atoms with van der Waals surface area (Å²) in [5.41, 5.74) is 2.17. The first kappa shape index (κ1) is 28.2. The van der Waals surface area contributed by atoms with Crippen molar-refractivity contribution in [1.29, 1.82) is 0 Å². The van der Waals surface area contributed by atoms with Crippen LogP contribution in [-0.4, -0.2) is 68.4 Å². The lowest BCUT2D eigenvalue weighted by Crippen LogP contribution is -2.37. The molecule has 1 saturated carbocycles. The van der Waals surface area contributed by atoms with Crippen molar-refractivity contribution in [3.05, 3.63) is 29.3 Å². The van der Waals surface area contributed by atoms with Gasteiger partial charge in [-0.15, -0.1) is 17.7 Å². The van der Waals surface area contributed by atoms with Gasteiger partial charge in [0, 0.05) is 36.0 Å². The topological polar surface area (TPSA) is 82.1 Å². The van der Waals surface area contributed by atoms with E-state index in [-0.39, 0.29) is 38.6 Å². The van der Waals surface area contributed by atoms with E-state index in [1.807, 2.05) is 32.0 Å². The third-order valence-electron chi connectivity index (χ3n) is 5.68. The molecule has 1 fully saturated rings. The minimum atomic E-state index is -4.71. The van der Waals surface area contributed by atoms with Gasteiger partial charge in [-0.25, -0.2) is 4.79 Å². The molecular formula is C24H29F3O6S. The maximum Gasteiger partial charge on any atom is 0.401 e. The lowest BCUT2D eigenvalue weighted by atomic mass is 9.92. The molecular weight excluding hydrogens is 473 g/mol. The zero-order valence-electron chi connectivity index (χ0n) is 19.3. The van der Waals surface area contributed by atoms with Gasteiger partial charge in [-0.2, -0.15) is 13.2 Å².